The standard InChI is InChI=1S/C31H32O8S2/c1-2-3-21-37-25-7-15-30(16-8-25)41(35,36)31-19-11-27(12-20-31)39-23-4-22-38-26-9-17-29(18-10-26)40(33,34)28-13-5-24(32)6-14-28/h5-20,32H,2-4,21-23H2,1H3. The summed E-state index contributed by atoms with van der Waals surface area (Å²) in [7, 11) is -7.36. The van der Waals surface area contributed by atoms with Crippen molar-refractivity contribution in [3.8, 4) is 23.0 Å². The van der Waals surface area contributed by atoms with E-state index in [1.807, 2.05) is 0 Å². The Balaban J connectivity index is 1.23. The lowest BCUT2D eigenvalue weighted by atomic mass is 10.3. The summed E-state index contributed by atoms with van der Waals surface area (Å²) in [4.78, 5) is 0.576. The molecule has 0 aliphatic carbocycles. The number of rotatable bonds is 14. The van der Waals surface area contributed by atoms with E-state index in [2.05, 4.69) is 6.92 Å². The van der Waals surface area contributed by atoms with Gasteiger partial charge in [0.15, 0.2) is 0 Å². The van der Waals surface area contributed by atoms with Crippen LogP contribution >= 0.6 is 0 Å². The molecule has 0 aliphatic rings. The minimum absolute atomic E-state index is 0.00715. The number of hydrogen-bond acceptors (Lipinski definition) is 8. The predicted octanol–water partition coefficient (Wildman–Crippen LogP) is 6.08. The highest BCUT2D eigenvalue weighted by Crippen LogP contribution is 2.26. The third kappa shape index (κ3) is 7.80. The maximum atomic E-state index is 13.0. The number of benzene rings is 4. The minimum Gasteiger partial charge on any atom is -0.508 e. The zero-order valence-corrected chi connectivity index (χ0v) is 24.2. The molecule has 0 aliphatic heterocycles. The normalized spacial score (nSPS) is 11.6. The lowest BCUT2D eigenvalue weighted by molar-refractivity contribution is 0.247. The van der Waals surface area contributed by atoms with Crippen LogP contribution in [0.2, 0.25) is 0 Å². The lowest BCUT2D eigenvalue weighted by Crippen LogP contribution is -2.06. The van der Waals surface area contributed by atoms with Gasteiger partial charge in [0.2, 0.25) is 19.7 Å². The summed E-state index contributed by atoms with van der Waals surface area (Å²) in [6.45, 7) is 3.36. The molecule has 1 N–H and O–H groups in total. The highest BCUT2D eigenvalue weighted by Gasteiger charge is 2.19. The topological polar surface area (TPSA) is 116 Å². The van der Waals surface area contributed by atoms with Gasteiger partial charge in [0.25, 0.3) is 0 Å². The van der Waals surface area contributed by atoms with Gasteiger partial charge in [-0.05, 0) is 103 Å². The molecule has 4 aromatic carbocycles. The first kappa shape index (κ1) is 30.0. The van der Waals surface area contributed by atoms with Crippen LogP contribution in [-0.2, 0) is 19.7 Å². The van der Waals surface area contributed by atoms with E-state index in [9.17, 15) is 21.9 Å². The molecule has 0 bridgehead atoms. The van der Waals surface area contributed by atoms with Crippen molar-refractivity contribution in [2.45, 2.75) is 45.8 Å². The monoisotopic (exact) mass is 596 g/mol. The Hall–Kier alpha value is -4.02. The van der Waals surface area contributed by atoms with Gasteiger partial charge in [-0.1, -0.05) is 13.3 Å². The van der Waals surface area contributed by atoms with Gasteiger partial charge in [-0.3, -0.25) is 0 Å². The third-order valence-corrected chi connectivity index (χ3v) is 9.71. The third-order valence-electron chi connectivity index (χ3n) is 6.14. The summed E-state index contributed by atoms with van der Waals surface area (Å²) in [6.07, 6.45) is 2.52. The molecular weight excluding hydrogens is 564 g/mol. The van der Waals surface area contributed by atoms with Gasteiger partial charge in [0.1, 0.15) is 23.0 Å². The summed E-state index contributed by atoms with van der Waals surface area (Å²) < 4.78 is 68.4. The molecule has 0 heterocycles. The molecule has 0 aromatic heterocycles. The smallest absolute Gasteiger partial charge is 0.206 e. The summed E-state index contributed by atoms with van der Waals surface area (Å²) in [5.41, 5.74) is 0. The van der Waals surface area contributed by atoms with Gasteiger partial charge in [-0.25, -0.2) is 16.8 Å². The second kappa shape index (κ2) is 13.6. The zero-order valence-electron chi connectivity index (χ0n) is 22.6. The highest BCUT2D eigenvalue weighted by molar-refractivity contribution is 7.91. The minimum atomic E-state index is -3.70. The van der Waals surface area contributed by atoms with Gasteiger partial charge in [0, 0.05) is 6.42 Å². The van der Waals surface area contributed by atoms with Crippen LogP contribution in [0.3, 0.4) is 0 Å². The van der Waals surface area contributed by atoms with Crippen LogP contribution < -0.4 is 14.2 Å². The Kier molecular flexibility index (Phi) is 9.91. The van der Waals surface area contributed by atoms with Gasteiger partial charge in [-0.2, -0.15) is 0 Å². The highest BCUT2D eigenvalue weighted by atomic mass is 32.2. The number of ether oxygens (including phenoxy) is 3. The Morgan fingerprint density at radius 3 is 1.10 bits per heavy atom. The molecule has 0 fully saturated rings. The van der Waals surface area contributed by atoms with Crippen molar-refractivity contribution in [1.82, 2.24) is 0 Å². The molecule has 0 amide bonds. The average molecular weight is 597 g/mol. The van der Waals surface area contributed by atoms with E-state index in [4.69, 9.17) is 14.2 Å². The Labute approximate surface area is 241 Å². The van der Waals surface area contributed by atoms with E-state index in [1.54, 1.807) is 48.5 Å². The van der Waals surface area contributed by atoms with E-state index in [-0.39, 0.29) is 25.3 Å². The molecular formula is C31H32O8S2. The molecule has 0 radical (unpaired) electrons. The van der Waals surface area contributed by atoms with E-state index in [0.717, 1.165) is 12.8 Å². The van der Waals surface area contributed by atoms with Gasteiger partial charge >= 0.3 is 0 Å². The van der Waals surface area contributed by atoms with E-state index in [0.29, 0.717) is 43.5 Å². The molecule has 0 saturated carbocycles. The summed E-state index contributed by atoms with van der Waals surface area (Å²) in [6, 6.07) is 24.1. The van der Waals surface area contributed by atoms with E-state index < -0.39 is 19.7 Å². The second-order valence-corrected chi connectivity index (χ2v) is 13.1. The van der Waals surface area contributed by atoms with Crippen LogP contribution in [0.5, 0.6) is 23.0 Å². The largest absolute Gasteiger partial charge is 0.508 e. The van der Waals surface area contributed by atoms with Gasteiger partial charge in [-0.15, -0.1) is 0 Å². The molecule has 4 aromatic rings. The van der Waals surface area contributed by atoms with Crippen molar-refractivity contribution in [1.29, 1.82) is 0 Å². The van der Waals surface area contributed by atoms with Crippen LogP contribution in [0.15, 0.2) is 117 Å². The van der Waals surface area contributed by atoms with Crippen molar-refractivity contribution in [3.63, 3.8) is 0 Å². The number of phenols is 1. The van der Waals surface area contributed by atoms with Crippen LogP contribution in [0, 0.1) is 0 Å². The Bertz CT molecular complexity index is 1610. The van der Waals surface area contributed by atoms with Crippen LogP contribution in [-0.4, -0.2) is 41.8 Å². The van der Waals surface area contributed by atoms with E-state index >= 15 is 0 Å². The summed E-state index contributed by atoms with van der Waals surface area (Å²) >= 11 is 0. The summed E-state index contributed by atoms with van der Waals surface area (Å²) in [5.74, 6) is 1.69. The number of sulfone groups is 2. The molecule has 0 spiro atoms. The number of unbranched alkanes of at least 4 members (excludes halogenated alkanes) is 1. The molecule has 216 valence electrons. The van der Waals surface area contributed by atoms with Crippen molar-refractivity contribution in [2.75, 3.05) is 19.8 Å². The molecule has 10 heteroatoms. The molecule has 41 heavy (non-hydrogen) atoms. The predicted molar refractivity (Wildman–Crippen MR) is 154 cm³/mol. The maximum absolute atomic E-state index is 13.0. The van der Waals surface area contributed by atoms with Crippen molar-refractivity contribution in [3.05, 3.63) is 97.1 Å². The quantitative estimate of drug-likeness (QED) is 0.174. The SMILES string of the molecule is CCCCOc1ccc(S(=O)(=O)c2ccc(OCCCOc3ccc(S(=O)(=O)c4ccc(O)cc4)cc3)cc2)cc1. The number of hydrogen-bond donors (Lipinski definition) is 1. The Morgan fingerprint density at radius 2 is 0.780 bits per heavy atom. The van der Waals surface area contributed by atoms with Crippen molar-refractivity contribution < 1.29 is 36.2 Å². The molecule has 0 saturated heterocycles. The fourth-order valence-electron chi connectivity index (χ4n) is 3.82. The fraction of sp³-hybridized carbons (Fsp3) is 0.226. The van der Waals surface area contributed by atoms with Gasteiger partial charge in [0.05, 0.1) is 39.4 Å². The first-order valence-electron chi connectivity index (χ1n) is 13.2. The van der Waals surface area contributed by atoms with Gasteiger partial charge < -0.3 is 19.3 Å². The first-order valence-corrected chi connectivity index (χ1v) is 16.1. The Morgan fingerprint density at radius 1 is 0.488 bits per heavy atom. The second-order valence-electron chi connectivity index (χ2n) is 9.17. The molecule has 0 atom stereocenters. The van der Waals surface area contributed by atoms with Crippen LogP contribution in [0.1, 0.15) is 26.2 Å². The number of phenolic OH excluding ortho intramolecular Hbond substituents is 1. The fourth-order valence-corrected chi connectivity index (χ4v) is 6.34. The molecule has 8 nitrogen and oxygen atoms in total. The molecule has 0 unspecified atom stereocenters. The van der Waals surface area contributed by atoms with Crippen molar-refractivity contribution >= 4 is 19.7 Å². The number of aromatic hydroxyl groups is 1. The average Bonchev–Trinajstić information content (AvgIpc) is 2.98. The zero-order chi connectivity index (χ0) is 29.3. The van der Waals surface area contributed by atoms with Crippen molar-refractivity contribution in [2.24, 2.45) is 0 Å². The first-order chi connectivity index (χ1) is 19.7. The maximum Gasteiger partial charge on any atom is 0.206 e. The van der Waals surface area contributed by atoms with E-state index in [1.165, 1.54) is 48.5 Å². The summed E-state index contributed by atoms with van der Waals surface area (Å²) in [5, 5.41) is 9.38. The van der Waals surface area contributed by atoms with Crippen LogP contribution in [0.4, 0.5) is 0 Å². The van der Waals surface area contributed by atoms with Crippen LogP contribution in [0.25, 0.3) is 0 Å². The lowest BCUT2D eigenvalue weighted by Gasteiger charge is -2.10. The molecule has 4 rings (SSSR count).